The molecule has 0 aromatic rings. The smallest absolute Gasteiger partial charge is 0.221 e. The molecular weight excluding hydrogens is 180 g/mol. The number of aliphatic hydroxyl groups is 1. The summed E-state index contributed by atoms with van der Waals surface area (Å²) in [6.07, 6.45) is 1.19. The van der Waals surface area contributed by atoms with Crippen molar-refractivity contribution in [3.05, 3.63) is 0 Å². The molecule has 0 bridgehead atoms. The SMILES string of the molecule is CCNCCC(=O)NC(C)(CC)CO. The zero-order valence-electron chi connectivity index (χ0n) is 9.39. The van der Waals surface area contributed by atoms with Gasteiger partial charge in [0, 0.05) is 13.0 Å². The molecule has 4 nitrogen and oxygen atoms in total. The van der Waals surface area contributed by atoms with Crippen LogP contribution in [0.4, 0.5) is 0 Å². The van der Waals surface area contributed by atoms with Crippen LogP contribution >= 0.6 is 0 Å². The standard InChI is InChI=1S/C10H22N2O2/c1-4-10(3,8-13)12-9(14)6-7-11-5-2/h11,13H,4-8H2,1-3H3,(H,12,14). The van der Waals surface area contributed by atoms with E-state index in [2.05, 4.69) is 10.6 Å². The maximum absolute atomic E-state index is 11.4. The normalized spacial score (nSPS) is 14.9. The predicted molar refractivity (Wildman–Crippen MR) is 57.1 cm³/mol. The number of aliphatic hydroxyl groups excluding tert-OH is 1. The molecule has 0 heterocycles. The lowest BCUT2D eigenvalue weighted by Gasteiger charge is -2.27. The van der Waals surface area contributed by atoms with E-state index in [-0.39, 0.29) is 12.5 Å². The van der Waals surface area contributed by atoms with Gasteiger partial charge >= 0.3 is 0 Å². The molecule has 4 heteroatoms. The second-order valence-corrected chi connectivity index (χ2v) is 3.72. The fourth-order valence-electron chi connectivity index (χ4n) is 1.02. The van der Waals surface area contributed by atoms with Gasteiger partial charge in [-0.05, 0) is 19.9 Å². The largest absolute Gasteiger partial charge is 0.394 e. The van der Waals surface area contributed by atoms with E-state index >= 15 is 0 Å². The van der Waals surface area contributed by atoms with Crippen LogP contribution in [0.15, 0.2) is 0 Å². The van der Waals surface area contributed by atoms with Crippen LogP contribution in [0.1, 0.15) is 33.6 Å². The Morgan fingerprint density at radius 1 is 1.43 bits per heavy atom. The van der Waals surface area contributed by atoms with Gasteiger partial charge in [0.25, 0.3) is 0 Å². The summed E-state index contributed by atoms with van der Waals surface area (Å²) >= 11 is 0. The summed E-state index contributed by atoms with van der Waals surface area (Å²) in [5.41, 5.74) is -0.469. The fourth-order valence-corrected chi connectivity index (χ4v) is 1.02. The zero-order valence-corrected chi connectivity index (χ0v) is 9.39. The third-order valence-electron chi connectivity index (χ3n) is 2.35. The van der Waals surface area contributed by atoms with Crippen LogP contribution in [0.5, 0.6) is 0 Å². The number of hydrogen-bond donors (Lipinski definition) is 3. The molecule has 84 valence electrons. The molecule has 3 N–H and O–H groups in total. The molecule has 0 rings (SSSR count). The Hall–Kier alpha value is -0.610. The molecule has 1 atom stereocenters. The highest BCUT2D eigenvalue weighted by atomic mass is 16.3. The highest BCUT2D eigenvalue weighted by molar-refractivity contribution is 5.76. The van der Waals surface area contributed by atoms with Crippen molar-refractivity contribution in [2.75, 3.05) is 19.7 Å². The number of amides is 1. The van der Waals surface area contributed by atoms with Crippen LogP contribution < -0.4 is 10.6 Å². The molecule has 0 radical (unpaired) electrons. The van der Waals surface area contributed by atoms with Gasteiger partial charge in [-0.15, -0.1) is 0 Å². The summed E-state index contributed by atoms with van der Waals surface area (Å²) in [4.78, 5) is 11.4. The van der Waals surface area contributed by atoms with E-state index in [4.69, 9.17) is 5.11 Å². The van der Waals surface area contributed by atoms with Gasteiger partial charge in [0.05, 0.1) is 12.1 Å². The molecule has 0 spiro atoms. The predicted octanol–water partition coefficient (Wildman–Crippen LogP) is 0.263. The van der Waals surface area contributed by atoms with E-state index in [1.807, 2.05) is 20.8 Å². The van der Waals surface area contributed by atoms with Crippen LogP contribution in [0, 0.1) is 0 Å². The minimum atomic E-state index is -0.469. The summed E-state index contributed by atoms with van der Waals surface area (Å²) in [6, 6.07) is 0. The number of hydrogen-bond acceptors (Lipinski definition) is 3. The van der Waals surface area contributed by atoms with Gasteiger partial charge in [-0.25, -0.2) is 0 Å². The number of rotatable bonds is 7. The van der Waals surface area contributed by atoms with Crippen molar-refractivity contribution in [2.24, 2.45) is 0 Å². The molecule has 1 amide bonds. The molecular formula is C10H22N2O2. The third kappa shape index (κ3) is 5.19. The van der Waals surface area contributed by atoms with Gasteiger partial charge in [-0.1, -0.05) is 13.8 Å². The lowest BCUT2D eigenvalue weighted by Crippen LogP contribution is -2.48. The molecule has 0 aliphatic rings. The van der Waals surface area contributed by atoms with E-state index in [0.717, 1.165) is 13.0 Å². The van der Waals surface area contributed by atoms with Crippen molar-refractivity contribution in [2.45, 2.75) is 39.2 Å². The van der Waals surface area contributed by atoms with Gasteiger partial charge < -0.3 is 15.7 Å². The van der Waals surface area contributed by atoms with Crippen LogP contribution in [0.25, 0.3) is 0 Å². The maximum atomic E-state index is 11.4. The van der Waals surface area contributed by atoms with Crippen molar-refractivity contribution in [1.82, 2.24) is 10.6 Å². The van der Waals surface area contributed by atoms with Crippen molar-refractivity contribution >= 4 is 5.91 Å². The Bertz CT molecular complexity index is 168. The number of nitrogens with one attached hydrogen (secondary N) is 2. The molecule has 14 heavy (non-hydrogen) atoms. The Labute approximate surface area is 86.1 Å². The fraction of sp³-hybridized carbons (Fsp3) is 0.900. The average molecular weight is 202 g/mol. The quantitative estimate of drug-likeness (QED) is 0.519. The Kier molecular flexibility index (Phi) is 6.49. The van der Waals surface area contributed by atoms with E-state index < -0.39 is 5.54 Å². The summed E-state index contributed by atoms with van der Waals surface area (Å²) < 4.78 is 0. The molecule has 0 aliphatic carbocycles. The monoisotopic (exact) mass is 202 g/mol. The molecule has 0 aliphatic heterocycles. The van der Waals surface area contributed by atoms with E-state index in [9.17, 15) is 4.79 Å². The average Bonchev–Trinajstić information content (AvgIpc) is 2.18. The van der Waals surface area contributed by atoms with Crippen LogP contribution in [-0.4, -0.2) is 36.2 Å². The first-order valence-corrected chi connectivity index (χ1v) is 5.20. The first-order valence-electron chi connectivity index (χ1n) is 5.20. The third-order valence-corrected chi connectivity index (χ3v) is 2.35. The van der Waals surface area contributed by atoms with Crippen LogP contribution in [-0.2, 0) is 4.79 Å². The van der Waals surface area contributed by atoms with Crippen molar-refractivity contribution in [3.8, 4) is 0 Å². The van der Waals surface area contributed by atoms with E-state index in [1.165, 1.54) is 0 Å². The minimum Gasteiger partial charge on any atom is -0.394 e. The first-order chi connectivity index (χ1) is 6.58. The van der Waals surface area contributed by atoms with Gasteiger partial charge in [0.1, 0.15) is 0 Å². The summed E-state index contributed by atoms with van der Waals surface area (Å²) in [5, 5.41) is 15.0. The van der Waals surface area contributed by atoms with E-state index in [1.54, 1.807) is 0 Å². The minimum absolute atomic E-state index is 0.00986. The summed E-state index contributed by atoms with van der Waals surface area (Å²) in [7, 11) is 0. The summed E-state index contributed by atoms with van der Waals surface area (Å²) in [5.74, 6) is -0.00986. The first kappa shape index (κ1) is 13.4. The van der Waals surface area contributed by atoms with Crippen molar-refractivity contribution < 1.29 is 9.90 Å². The van der Waals surface area contributed by atoms with Gasteiger partial charge in [-0.2, -0.15) is 0 Å². The van der Waals surface area contributed by atoms with Crippen LogP contribution in [0.2, 0.25) is 0 Å². The highest BCUT2D eigenvalue weighted by Crippen LogP contribution is 2.07. The van der Waals surface area contributed by atoms with Gasteiger partial charge in [0.15, 0.2) is 0 Å². The molecule has 0 saturated heterocycles. The molecule has 1 unspecified atom stereocenters. The number of carbonyl (C=O) groups is 1. The molecule has 0 saturated carbocycles. The Morgan fingerprint density at radius 2 is 2.07 bits per heavy atom. The highest BCUT2D eigenvalue weighted by Gasteiger charge is 2.22. The van der Waals surface area contributed by atoms with E-state index in [0.29, 0.717) is 13.0 Å². The maximum Gasteiger partial charge on any atom is 0.221 e. The van der Waals surface area contributed by atoms with Crippen molar-refractivity contribution in [1.29, 1.82) is 0 Å². The lowest BCUT2D eigenvalue weighted by atomic mass is 10.0. The Morgan fingerprint density at radius 3 is 2.50 bits per heavy atom. The number of carbonyl (C=O) groups excluding carboxylic acids is 1. The van der Waals surface area contributed by atoms with Crippen LogP contribution in [0.3, 0.4) is 0 Å². The lowest BCUT2D eigenvalue weighted by molar-refractivity contribution is -0.123. The molecule has 0 fully saturated rings. The second-order valence-electron chi connectivity index (χ2n) is 3.72. The summed E-state index contributed by atoms with van der Waals surface area (Å²) in [6.45, 7) is 7.34. The second kappa shape index (κ2) is 6.79. The zero-order chi connectivity index (χ0) is 11.0. The molecule has 0 aromatic carbocycles. The topological polar surface area (TPSA) is 61.4 Å². The molecule has 0 aromatic heterocycles. The van der Waals surface area contributed by atoms with Gasteiger partial charge in [0.2, 0.25) is 5.91 Å². The van der Waals surface area contributed by atoms with Crippen molar-refractivity contribution in [3.63, 3.8) is 0 Å². The Balaban J connectivity index is 3.80. The van der Waals surface area contributed by atoms with Gasteiger partial charge in [-0.3, -0.25) is 4.79 Å².